The quantitative estimate of drug-likeness (QED) is 0.0168. The van der Waals surface area contributed by atoms with Gasteiger partial charge < -0.3 is 68.1 Å². The van der Waals surface area contributed by atoms with E-state index in [1.165, 1.54) is 97.1 Å². The largest absolute Gasteiger partial charge is 0.749 e. The van der Waals surface area contributed by atoms with E-state index in [2.05, 4.69) is 21.3 Å². The Balaban J connectivity index is 1.49. The Labute approximate surface area is 465 Å². The molecule has 6 aromatic carbocycles. The average molecular weight is 1170 g/mol. The summed E-state index contributed by atoms with van der Waals surface area (Å²) in [7, 11) is -8.64. The molecule has 18 nitrogen and oxygen atoms in total. The number of benzene rings is 6. The number of rotatable bonds is 26. The second-order valence-corrected chi connectivity index (χ2v) is 21.3. The van der Waals surface area contributed by atoms with Gasteiger partial charge in [0.2, 0.25) is 5.41 Å². The van der Waals surface area contributed by atoms with Gasteiger partial charge in [-0.15, -0.1) is 0 Å². The van der Waals surface area contributed by atoms with E-state index < -0.39 is 93.5 Å². The molecule has 6 rings (SSSR count). The number of hydrogen-bond acceptors (Lipinski definition) is 14. The SMILES string of the molecule is CCO[Si](OCC)(OCC)Oc1ccc(C(c2ccc(O[Si](OCC)(OCC)OCC)c(NC(=O)c3ccc(NC(=O)c4ccc(N)cc4)cc3)c2)(C(F)(F)F)C(F)(F)F)cc1NC(=O)c1ccc(NC(=O)c2ccc(N)cc2)cc1. The fourth-order valence-electron chi connectivity index (χ4n) is 8.11. The number of halogens is 6. The van der Waals surface area contributed by atoms with E-state index in [0.717, 1.165) is 12.1 Å². The second kappa shape index (κ2) is 27.1. The first kappa shape index (κ1) is 62.4. The van der Waals surface area contributed by atoms with Crippen LogP contribution in [0.25, 0.3) is 0 Å². The lowest BCUT2D eigenvalue weighted by Crippen LogP contribution is -2.55. The molecule has 432 valence electrons. The lowest BCUT2D eigenvalue weighted by atomic mass is 9.72. The Hall–Kier alpha value is -7.83. The molecule has 0 bridgehead atoms. The number of amides is 4. The zero-order valence-electron chi connectivity index (χ0n) is 44.8. The van der Waals surface area contributed by atoms with Crippen LogP contribution in [0, 0.1) is 0 Å². The zero-order valence-corrected chi connectivity index (χ0v) is 46.8. The highest BCUT2D eigenvalue weighted by Crippen LogP contribution is 2.58. The van der Waals surface area contributed by atoms with Crippen LogP contribution in [0.4, 0.5) is 60.5 Å². The summed E-state index contributed by atoms with van der Waals surface area (Å²) >= 11 is 0. The summed E-state index contributed by atoms with van der Waals surface area (Å²) in [5.74, 6) is -4.13. The van der Waals surface area contributed by atoms with Crippen molar-refractivity contribution in [1.82, 2.24) is 0 Å². The number of carbonyl (C=O) groups is 4. The molecular weight excluding hydrogens is 1110 g/mol. The van der Waals surface area contributed by atoms with Crippen molar-refractivity contribution in [1.29, 1.82) is 0 Å². The van der Waals surface area contributed by atoms with Crippen molar-refractivity contribution < 1.29 is 80.9 Å². The van der Waals surface area contributed by atoms with Gasteiger partial charge in [0, 0.05) is 84.6 Å². The highest BCUT2D eigenvalue weighted by atomic mass is 28.4. The molecule has 4 amide bonds. The minimum absolute atomic E-state index is 0.0742. The highest BCUT2D eigenvalue weighted by Gasteiger charge is 2.73. The monoisotopic (exact) mass is 1170 g/mol. The van der Waals surface area contributed by atoms with E-state index in [0.29, 0.717) is 35.6 Å². The van der Waals surface area contributed by atoms with Crippen molar-refractivity contribution in [2.24, 2.45) is 0 Å². The van der Waals surface area contributed by atoms with Crippen molar-refractivity contribution >= 4 is 75.8 Å². The number of carbonyl (C=O) groups excluding carboxylic acids is 4. The first-order valence-corrected chi connectivity index (χ1v) is 28.6. The molecular formula is C55H60F6N6O12Si2. The number of nitrogens with one attached hydrogen (secondary N) is 4. The zero-order chi connectivity index (χ0) is 59.2. The predicted molar refractivity (Wildman–Crippen MR) is 295 cm³/mol. The number of anilines is 6. The normalized spacial score (nSPS) is 12.1. The van der Waals surface area contributed by atoms with Gasteiger partial charge in [0.25, 0.3) is 23.6 Å². The molecule has 0 fully saturated rings. The van der Waals surface area contributed by atoms with Crippen LogP contribution in [0.5, 0.6) is 11.5 Å². The fraction of sp³-hybridized carbons (Fsp3) is 0.273. The Morgan fingerprint density at radius 2 is 0.654 bits per heavy atom. The molecule has 0 unspecified atom stereocenters. The van der Waals surface area contributed by atoms with E-state index in [4.69, 9.17) is 46.9 Å². The van der Waals surface area contributed by atoms with Crippen molar-refractivity contribution in [2.45, 2.75) is 59.3 Å². The molecule has 0 atom stereocenters. The van der Waals surface area contributed by atoms with Gasteiger partial charge in [0.05, 0.1) is 11.4 Å². The third-order valence-electron chi connectivity index (χ3n) is 11.7. The molecule has 0 saturated heterocycles. The number of alkyl halides is 6. The van der Waals surface area contributed by atoms with Gasteiger partial charge in [-0.05, 0) is 174 Å². The summed E-state index contributed by atoms with van der Waals surface area (Å²) in [5.41, 5.74) is 3.62. The van der Waals surface area contributed by atoms with Crippen molar-refractivity contribution in [3.05, 3.63) is 167 Å². The van der Waals surface area contributed by atoms with Crippen molar-refractivity contribution in [3.8, 4) is 11.5 Å². The van der Waals surface area contributed by atoms with Gasteiger partial charge in [-0.25, -0.2) is 0 Å². The van der Waals surface area contributed by atoms with Crippen molar-refractivity contribution in [2.75, 3.05) is 72.4 Å². The molecule has 8 N–H and O–H groups in total. The Morgan fingerprint density at radius 3 is 0.914 bits per heavy atom. The maximum atomic E-state index is 16.3. The summed E-state index contributed by atoms with van der Waals surface area (Å²) in [6, 6.07) is 25.9. The van der Waals surface area contributed by atoms with Crippen LogP contribution in [0.15, 0.2) is 133 Å². The standard InChI is InChI=1S/C55H60F6N6O12Si2/c1-7-72-80(73-8-2,74-9-3)78-47-31-21-39(33-45(47)66-51(70)37-17-27-43(28-18-37)64-49(68)35-13-23-41(62)24-14-35)53(54(56,57)58,55(59,60)61)40-22-32-48(79-81(75-10-4,76-11-5)77-12-6)46(34-40)67-52(71)38-19-29-44(30-20-38)65-50(69)36-15-25-42(63)26-16-36/h13-34H,7-12,62-63H2,1-6H3,(H,64,68)(H,65,69)(H,66,70)(H,67,71). The van der Waals surface area contributed by atoms with Gasteiger partial charge >= 0.3 is 30.4 Å². The topological polar surface area (TPSA) is 242 Å². The van der Waals surface area contributed by atoms with Gasteiger partial charge in [-0.2, -0.15) is 26.3 Å². The van der Waals surface area contributed by atoms with Gasteiger partial charge in [-0.1, -0.05) is 12.1 Å². The van der Waals surface area contributed by atoms with Crippen LogP contribution >= 0.6 is 0 Å². The Morgan fingerprint density at radius 1 is 0.395 bits per heavy atom. The van der Waals surface area contributed by atoms with Crippen molar-refractivity contribution in [3.63, 3.8) is 0 Å². The van der Waals surface area contributed by atoms with Crippen LogP contribution in [0.3, 0.4) is 0 Å². The summed E-state index contributed by atoms with van der Waals surface area (Å²) in [6.07, 6.45) is -12.5. The maximum Gasteiger partial charge on any atom is 0.749 e. The highest BCUT2D eigenvalue weighted by molar-refractivity contribution is 6.55. The average Bonchev–Trinajstić information content (AvgIpc) is 3.41. The maximum absolute atomic E-state index is 16.3. The molecule has 0 aliphatic heterocycles. The van der Waals surface area contributed by atoms with Gasteiger partial charge in [-0.3, -0.25) is 19.2 Å². The fourth-order valence-corrected chi connectivity index (χ4v) is 12.0. The lowest BCUT2D eigenvalue weighted by molar-refractivity contribution is -0.288. The molecule has 81 heavy (non-hydrogen) atoms. The van der Waals surface area contributed by atoms with Crippen LogP contribution in [0.2, 0.25) is 0 Å². The summed E-state index contributed by atoms with van der Waals surface area (Å²) < 4.78 is 145. The van der Waals surface area contributed by atoms with Crippen LogP contribution < -0.4 is 41.6 Å². The van der Waals surface area contributed by atoms with Gasteiger partial charge in [0.1, 0.15) is 11.5 Å². The number of hydrogen-bond donors (Lipinski definition) is 6. The Kier molecular flexibility index (Phi) is 20.9. The number of nitrogens with two attached hydrogens (primary N) is 2. The third kappa shape index (κ3) is 15.0. The molecule has 0 radical (unpaired) electrons. The van der Waals surface area contributed by atoms with Crippen LogP contribution in [0.1, 0.15) is 94.1 Å². The summed E-state index contributed by atoms with van der Waals surface area (Å²) in [6.45, 7) is 8.97. The molecule has 0 aliphatic carbocycles. The summed E-state index contributed by atoms with van der Waals surface area (Å²) in [5, 5.41) is 10.1. The first-order chi connectivity index (χ1) is 38.5. The molecule has 0 aliphatic rings. The molecule has 0 saturated carbocycles. The second-order valence-electron chi connectivity index (χ2n) is 17.2. The van der Waals surface area contributed by atoms with Crippen LogP contribution in [-0.2, 0) is 32.0 Å². The molecule has 0 aromatic heterocycles. The Bertz CT molecular complexity index is 2880. The first-order valence-electron chi connectivity index (χ1n) is 25.3. The van der Waals surface area contributed by atoms with Gasteiger partial charge in [0.15, 0.2) is 0 Å². The summed E-state index contributed by atoms with van der Waals surface area (Å²) in [4.78, 5) is 54.0. The lowest BCUT2D eigenvalue weighted by Gasteiger charge is -2.39. The predicted octanol–water partition coefficient (Wildman–Crippen LogP) is 11.1. The number of nitrogen functional groups attached to an aromatic ring is 2. The molecule has 0 spiro atoms. The van der Waals surface area contributed by atoms with E-state index in [1.807, 2.05) is 0 Å². The van der Waals surface area contributed by atoms with E-state index >= 15 is 26.3 Å². The minimum Gasteiger partial charge on any atom is -0.478 e. The van der Waals surface area contributed by atoms with Crippen LogP contribution in [-0.4, -0.2) is 93.7 Å². The smallest absolute Gasteiger partial charge is 0.478 e. The van der Waals surface area contributed by atoms with E-state index in [9.17, 15) is 19.2 Å². The minimum atomic E-state index is -6.25. The molecule has 6 aromatic rings. The molecule has 0 heterocycles. The molecule has 26 heteroatoms. The third-order valence-corrected chi connectivity index (χ3v) is 16.5. The van der Waals surface area contributed by atoms with E-state index in [1.54, 1.807) is 41.5 Å². The van der Waals surface area contributed by atoms with E-state index in [-0.39, 0.29) is 73.3 Å².